The standard InChI is InChI=1S/C22H17BrClN3/c23-17-3-1-2-15(12-17)19-8-9-25-14-16(19)4-7-21-20-6-5-18(24)13-22(20)27-11-10-26-21/h1-9,12-14,27H,10-11H2. The molecule has 0 unspecified atom stereocenters. The smallest absolute Gasteiger partial charge is 0.0668 e. The van der Waals surface area contributed by atoms with Crippen LogP contribution in [0.3, 0.4) is 0 Å². The molecule has 1 N–H and O–H groups in total. The molecular formula is C22H17BrClN3. The summed E-state index contributed by atoms with van der Waals surface area (Å²) in [6.45, 7) is 1.51. The average Bonchev–Trinajstić information content (AvgIpc) is 2.88. The number of hydrogen-bond acceptors (Lipinski definition) is 3. The monoisotopic (exact) mass is 437 g/mol. The summed E-state index contributed by atoms with van der Waals surface area (Å²) < 4.78 is 1.05. The second kappa shape index (κ2) is 8.07. The Balaban J connectivity index is 1.72. The highest BCUT2D eigenvalue weighted by atomic mass is 79.9. The Kier molecular flexibility index (Phi) is 5.37. The van der Waals surface area contributed by atoms with Crippen LogP contribution in [-0.2, 0) is 0 Å². The molecule has 0 radical (unpaired) electrons. The zero-order valence-corrected chi connectivity index (χ0v) is 16.8. The van der Waals surface area contributed by atoms with Gasteiger partial charge >= 0.3 is 0 Å². The van der Waals surface area contributed by atoms with Gasteiger partial charge in [0, 0.05) is 45.2 Å². The molecule has 0 amide bonds. The van der Waals surface area contributed by atoms with Crippen molar-refractivity contribution in [2.75, 3.05) is 18.4 Å². The molecule has 1 aliphatic heterocycles. The van der Waals surface area contributed by atoms with Gasteiger partial charge in [-0.25, -0.2) is 0 Å². The van der Waals surface area contributed by atoms with Crippen molar-refractivity contribution in [1.29, 1.82) is 0 Å². The van der Waals surface area contributed by atoms with Crippen LogP contribution in [0.15, 0.2) is 76.5 Å². The van der Waals surface area contributed by atoms with Crippen LogP contribution in [0.1, 0.15) is 11.1 Å². The average molecular weight is 439 g/mol. The topological polar surface area (TPSA) is 37.3 Å². The fraction of sp³-hybridized carbons (Fsp3) is 0.0909. The lowest BCUT2D eigenvalue weighted by atomic mass is 10.0. The van der Waals surface area contributed by atoms with Gasteiger partial charge in [0.25, 0.3) is 0 Å². The zero-order chi connectivity index (χ0) is 18.6. The number of rotatable bonds is 3. The largest absolute Gasteiger partial charge is 0.383 e. The minimum atomic E-state index is 0.718. The van der Waals surface area contributed by atoms with Crippen molar-refractivity contribution in [3.8, 4) is 11.1 Å². The van der Waals surface area contributed by atoms with Gasteiger partial charge in [0.2, 0.25) is 0 Å². The van der Waals surface area contributed by atoms with Crippen molar-refractivity contribution in [3.05, 3.63) is 87.6 Å². The van der Waals surface area contributed by atoms with E-state index in [9.17, 15) is 0 Å². The number of benzene rings is 2. The first-order valence-electron chi connectivity index (χ1n) is 8.67. The lowest BCUT2D eigenvalue weighted by Gasteiger charge is -2.09. The molecule has 3 aromatic rings. The van der Waals surface area contributed by atoms with Gasteiger partial charge in [-0.05, 0) is 53.6 Å². The lowest BCUT2D eigenvalue weighted by Crippen LogP contribution is -2.03. The van der Waals surface area contributed by atoms with E-state index in [0.29, 0.717) is 0 Å². The van der Waals surface area contributed by atoms with E-state index < -0.39 is 0 Å². The number of fused-ring (bicyclic) bond motifs is 1. The fourth-order valence-corrected chi connectivity index (χ4v) is 3.68. The molecule has 0 spiro atoms. The Morgan fingerprint density at radius 3 is 2.85 bits per heavy atom. The first kappa shape index (κ1) is 18.0. The molecule has 0 saturated carbocycles. The van der Waals surface area contributed by atoms with Gasteiger partial charge in [0.15, 0.2) is 0 Å². The van der Waals surface area contributed by atoms with Crippen molar-refractivity contribution in [3.63, 3.8) is 0 Å². The van der Waals surface area contributed by atoms with E-state index in [0.717, 1.165) is 56.2 Å². The van der Waals surface area contributed by atoms with Crippen LogP contribution in [0.25, 0.3) is 17.2 Å². The molecule has 2 aromatic carbocycles. The Hall–Kier alpha value is -2.43. The lowest BCUT2D eigenvalue weighted by molar-refractivity contribution is 1.04. The molecule has 0 atom stereocenters. The van der Waals surface area contributed by atoms with Crippen LogP contribution in [0, 0.1) is 0 Å². The van der Waals surface area contributed by atoms with Crippen molar-refractivity contribution in [1.82, 2.24) is 4.98 Å². The van der Waals surface area contributed by atoms with E-state index in [4.69, 9.17) is 16.6 Å². The Labute approximate surface area is 172 Å². The summed E-state index contributed by atoms with van der Waals surface area (Å²) in [5.74, 6) is 0. The Morgan fingerprint density at radius 2 is 1.96 bits per heavy atom. The van der Waals surface area contributed by atoms with Gasteiger partial charge < -0.3 is 5.32 Å². The highest BCUT2D eigenvalue weighted by Crippen LogP contribution is 2.28. The number of benzodiazepines with no additional fused rings is 1. The number of nitrogens with one attached hydrogen (secondary N) is 1. The maximum Gasteiger partial charge on any atom is 0.0668 e. The number of aromatic nitrogens is 1. The summed E-state index contributed by atoms with van der Waals surface area (Å²) in [7, 11) is 0. The molecule has 27 heavy (non-hydrogen) atoms. The van der Waals surface area contributed by atoms with Gasteiger partial charge in [-0.3, -0.25) is 9.98 Å². The summed E-state index contributed by atoms with van der Waals surface area (Å²) in [6.07, 6.45) is 7.83. The Morgan fingerprint density at radius 1 is 1.04 bits per heavy atom. The number of pyridine rings is 1. The maximum absolute atomic E-state index is 6.14. The van der Waals surface area contributed by atoms with Crippen LogP contribution in [0.2, 0.25) is 5.02 Å². The van der Waals surface area contributed by atoms with Crippen molar-refractivity contribution in [2.24, 2.45) is 4.99 Å². The minimum Gasteiger partial charge on any atom is -0.383 e. The number of halogens is 2. The van der Waals surface area contributed by atoms with Gasteiger partial charge in [-0.1, -0.05) is 45.7 Å². The highest BCUT2D eigenvalue weighted by Gasteiger charge is 2.11. The summed E-state index contributed by atoms with van der Waals surface area (Å²) in [5.41, 5.74) is 6.33. The van der Waals surface area contributed by atoms with Gasteiger partial charge in [-0.2, -0.15) is 0 Å². The van der Waals surface area contributed by atoms with Crippen LogP contribution < -0.4 is 5.32 Å². The van der Waals surface area contributed by atoms with E-state index in [1.165, 1.54) is 0 Å². The number of nitrogens with zero attached hydrogens (tertiary/aromatic N) is 2. The van der Waals surface area contributed by atoms with E-state index in [1.54, 1.807) is 0 Å². The second-order valence-corrected chi connectivity index (χ2v) is 7.54. The molecular weight excluding hydrogens is 422 g/mol. The summed E-state index contributed by atoms with van der Waals surface area (Å²) >= 11 is 9.69. The third kappa shape index (κ3) is 4.12. The van der Waals surface area contributed by atoms with Crippen LogP contribution >= 0.6 is 27.5 Å². The van der Waals surface area contributed by atoms with Crippen LogP contribution in [0.5, 0.6) is 0 Å². The molecule has 0 bridgehead atoms. The number of aliphatic imine (C=N–C) groups is 1. The second-order valence-electron chi connectivity index (χ2n) is 6.19. The van der Waals surface area contributed by atoms with E-state index in [2.05, 4.69) is 50.5 Å². The van der Waals surface area contributed by atoms with Crippen molar-refractivity contribution < 1.29 is 0 Å². The number of allylic oxidation sites excluding steroid dienone is 1. The third-order valence-electron chi connectivity index (χ3n) is 4.38. The Bertz CT molecular complexity index is 1040. The summed E-state index contributed by atoms with van der Waals surface area (Å²) in [6, 6.07) is 16.2. The molecule has 1 aromatic heterocycles. The molecule has 134 valence electrons. The van der Waals surface area contributed by atoms with E-state index in [1.807, 2.05) is 48.8 Å². The fourth-order valence-electron chi connectivity index (χ4n) is 3.11. The SMILES string of the molecule is Clc1ccc2c(c1)NCCN=C2C=Cc1cnccc1-c1cccc(Br)c1. The molecule has 0 saturated heterocycles. The minimum absolute atomic E-state index is 0.718. The summed E-state index contributed by atoms with van der Waals surface area (Å²) in [5, 5.41) is 4.11. The molecule has 2 heterocycles. The molecule has 0 aliphatic carbocycles. The quantitative estimate of drug-likeness (QED) is 0.537. The first-order valence-corrected chi connectivity index (χ1v) is 9.84. The van der Waals surface area contributed by atoms with Crippen LogP contribution in [0.4, 0.5) is 5.69 Å². The number of hydrogen-bond donors (Lipinski definition) is 1. The molecule has 4 rings (SSSR count). The maximum atomic E-state index is 6.14. The van der Waals surface area contributed by atoms with Crippen LogP contribution in [-0.4, -0.2) is 23.8 Å². The van der Waals surface area contributed by atoms with Gasteiger partial charge in [-0.15, -0.1) is 0 Å². The zero-order valence-electron chi connectivity index (χ0n) is 14.5. The van der Waals surface area contributed by atoms with Crippen molar-refractivity contribution in [2.45, 2.75) is 0 Å². The normalized spacial score (nSPS) is 13.6. The predicted octanol–water partition coefficient (Wildman–Crippen LogP) is 6.09. The molecule has 0 fully saturated rings. The molecule has 5 heteroatoms. The molecule has 3 nitrogen and oxygen atoms in total. The highest BCUT2D eigenvalue weighted by molar-refractivity contribution is 9.10. The van der Waals surface area contributed by atoms with Gasteiger partial charge in [0.1, 0.15) is 0 Å². The third-order valence-corrected chi connectivity index (χ3v) is 5.10. The van der Waals surface area contributed by atoms with E-state index in [-0.39, 0.29) is 0 Å². The van der Waals surface area contributed by atoms with Gasteiger partial charge in [0.05, 0.1) is 12.3 Å². The summed E-state index contributed by atoms with van der Waals surface area (Å²) in [4.78, 5) is 9.02. The number of anilines is 1. The first-order chi connectivity index (χ1) is 13.2. The van der Waals surface area contributed by atoms with E-state index >= 15 is 0 Å². The molecule has 1 aliphatic rings. The van der Waals surface area contributed by atoms with Crippen molar-refractivity contribution >= 4 is 45.0 Å². The predicted molar refractivity (Wildman–Crippen MR) is 118 cm³/mol.